The number of phenols is 1. The molecule has 2 aromatic carbocycles. The van der Waals surface area contributed by atoms with Crippen molar-refractivity contribution in [3.05, 3.63) is 54.1 Å². The Morgan fingerprint density at radius 3 is 2.05 bits per heavy atom. The van der Waals surface area contributed by atoms with Crippen LogP contribution in [0.3, 0.4) is 0 Å². The van der Waals surface area contributed by atoms with Gasteiger partial charge < -0.3 is 5.11 Å². The second-order valence-corrected chi connectivity index (χ2v) is 4.65. The number of halogens is 3. The quantitative estimate of drug-likeness (QED) is 0.755. The van der Waals surface area contributed by atoms with Gasteiger partial charge in [0, 0.05) is 11.1 Å². The lowest BCUT2D eigenvalue weighted by atomic mass is 10.0. The summed E-state index contributed by atoms with van der Waals surface area (Å²) in [6.07, 6.45) is -4.43. The summed E-state index contributed by atoms with van der Waals surface area (Å²) in [6, 6.07) is 11.1. The molecule has 0 aliphatic carbocycles. The van der Waals surface area contributed by atoms with Crippen molar-refractivity contribution >= 4 is 0 Å². The molecule has 3 aromatic rings. The summed E-state index contributed by atoms with van der Waals surface area (Å²) in [7, 11) is 0. The summed E-state index contributed by atoms with van der Waals surface area (Å²) in [5, 5.41) is 19.8. The summed E-state index contributed by atoms with van der Waals surface area (Å²) in [5.74, 6) is 0.0375. The van der Waals surface area contributed by atoms with Crippen LogP contribution >= 0.6 is 0 Å². The largest absolute Gasteiger partial charge is 0.508 e. The fraction of sp³-hybridized carbons (Fsp3) is 0.0667. The number of aromatic hydroxyl groups is 1. The molecule has 0 aliphatic heterocycles. The average Bonchev–Trinajstić information content (AvgIpc) is 2.96. The molecule has 0 saturated heterocycles. The predicted molar refractivity (Wildman–Crippen MR) is 73.9 cm³/mol. The zero-order valence-corrected chi connectivity index (χ0v) is 11.1. The second-order valence-electron chi connectivity index (χ2n) is 4.65. The number of phenolic OH excluding ortho intramolecular Hbond substituents is 1. The molecule has 0 amide bonds. The monoisotopic (exact) mass is 305 g/mol. The third-order valence-corrected chi connectivity index (χ3v) is 3.13. The van der Waals surface area contributed by atoms with Gasteiger partial charge in [-0.2, -0.15) is 28.6 Å². The van der Waals surface area contributed by atoms with Gasteiger partial charge in [0.1, 0.15) is 17.1 Å². The Balaban J connectivity index is 2.10. The molecule has 1 aromatic heterocycles. The van der Waals surface area contributed by atoms with E-state index in [-0.39, 0.29) is 11.4 Å². The van der Waals surface area contributed by atoms with Crippen molar-refractivity contribution in [2.75, 3.05) is 0 Å². The summed E-state index contributed by atoms with van der Waals surface area (Å²) in [5.41, 5.74) is 0.755. The Labute approximate surface area is 123 Å². The molecule has 22 heavy (non-hydrogen) atoms. The Bertz CT molecular complexity index is 812. The highest BCUT2D eigenvalue weighted by atomic mass is 19.4. The molecule has 0 aliphatic rings. The lowest BCUT2D eigenvalue weighted by Gasteiger charge is -2.08. The van der Waals surface area contributed by atoms with Gasteiger partial charge in [-0.05, 0) is 24.3 Å². The third kappa shape index (κ3) is 2.65. The highest BCUT2D eigenvalue weighted by Gasteiger charge is 2.30. The maximum absolute atomic E-state index is 12.8. The molecule has 1 heterocycles. The minimum absolute atomic E-state index is 0.0375. The zero-order chi connectivity index (χ0) is 15.7. The number of rotatable bonds is 2. The number of nitrogens with one attached hydrogen (secondary N) is 1. The van der Waals surface area contributed by atoms with Crippen LogP contribution in [-0.2, 0) is 6.18 Å². The summed E-state index contributed by atoms with van der Waals surface area (Å²) in [4.78, 5) is 0. The predicted octanol–water partition coefficient (Wildman–Crippen LogP) is 3.86. The molecule has 0 unspecified atom stereocenters. The number of alkyl halides is 3. The van der Waals surface area contributed by atoms with Crippen molar-refractivity contribution in [3.8, 4) is 28.3 Å². The van der Waals surface area contributed by atoms with E-state index in [4.69, 9.17) is 0 Å². The number of aromatic nitrogens is 3. The first-order valence-corrected chi connectivity index (χ1v) is 6.33. The van der Waals surface area contributed by atoms with Gasteiger partial charge in [0.15, 0.2) is 0 Å². The molecule has 7 heteroatoms. The van der Waals surface area contributed by atoms with E-state index in [1.54, 1.807) is 12.1 Å². The van der Waals surface area contributed by atoms with E-state index in [0.29, 0.717) is 16.8 Å². The Morgan fingerprint density at radius 1 is 0.864 bits per heavy atom. The van der Waals surface area contributed by atoms with Crippen LogP contribution in [0.5, 0.6) is 5.75 Å². The Morgan fingerprint density at radius 2 is 1.45 bits per heavy atom. The van der Waals surface area contributed by atoms with Gasteiger partial charge >= 0.3 is 6.18 Å². The normalized spacial score (nSPS) is 11.6. The van der Waals surface area contributed by atoms with Gasteiger partial charge in [0.25, 0.3) is 0 Å². The number of hydrogen-bond acceptors (Lipinski definition) is 3. The molecule has 0 fully saturated rings. The van der Waals surface area contributed by atoms with Crippen LogP contribution in [-0.4, -0.2) is 20.5 Å². The summed E-state index contributed by atoms with van der Waals surface area (Å²) >= 11 is 0. The Hall–Kier alpha value is -2.83. The van der Waals surface area contributed by atoms with E-state index in [1.807, 2.05) is 0 Å². The molecule has 0 atom stereocenters. The van der Waals surface area contributed by atoms with Crippen LogP contribution in [0.1, 0.15) is 5.56 Å². The van der Waals surface area contributed by atoms with Crippen molar-refractivity contribution in [3.63, 3.8) is 0 Å². The minimum atomic E-state index is -4.43. The first-order chi connectivity index (χ1) is 10.4. The molecule has 0 radical (unpaired) electrons. The lowest BCUT2D eigenvalue weighted by Crippen LogP contribution is -2.04. The molecular weight excluding hydrogens is 295 g/mol. The van der Waals surface area contributed by atoms with Crippen molar-refractivity contribution in [2.45, 2.75) is 6.18 Å². The maximum Gasteiger partial charge on any atom is 0.416 e. The standard InChI is InChI=1S/C15H10F3N3O/c16-15(17,18)11-5-1-3-9(7-11)13-14(20-21-19-13)10-4-2-6-12(22)8-10/h1-8,22H,(H,19,20,21). The highest BCUT2D eigenvalue weighted by Crippen LogP contribution is 2.34. The number of aromatic amines is 1. The van der Waals surface area contributed by atoms with E-state index in [2.05, 4.69) is 15.4 Å². The van der Waals surface area contributed by atoms with Crippen molar-refractivity contribution in [2.24, 2.45) is 0 Å². The first-order valence-electron chi connectivity index (χ1n) is 6.33. The van der Waals surface area contributed by atoms with Gasteiger partial charge in [-0.1, -0.05) is 24.3 Å². The molecule has 0 saturated carbocycles. The van der Waals surface area contributed by atoms with E-state index in [9.17, 15) is 18.3 Å². The van der Waals surface area contributed by atoms with Crippen molar-refractivity contribution < 1.29 is 18.3 Å². The molecule has 0 spiro atoms. The third-order valence-electron chi connectivity index (χ3n) is 3.13. The summed E-state index contributed by atoms with van der Waals surface area (Å²) in [6.45, 7) is 0. The number of H-pyrrole nitrogens is 1. The highest BCUT2D eigenvalue weighted by molar-refractivity contribution is 5.78. The second kappa shape index (κ2) is 5.18. The smallest absolute Gasteiger partial charge is 0.416 e. The van der Waals surface area contributed by atoms with Crippen LogP contribution in [0.4, 0.5) is 13.2 Å². The van der Waals surface area contributed by atoms with Gasteiger partial charge in [0.2, 0.25) is 0 Å². The zero-order valence-electron chi connectivity index (χ0n) is 11.1. The van der Waals surface area contributed by atoms with Crippen LogP contribution in [0.25, 0.3) is 22.5 Å². The van der Waals surface area contributed by atoms with Gasteiger partial charge in [-0.25, -0.2) is 0 Å². The minimum Gasteiger partial charge on any atom is -0.508 e. The molecule has 4 nitrogen and oxygen atoms in total. The fourth-order valence-electron chi connectivity index (χ4n) is 2.13. The number of hydrogen-bond donors (Lipinski definition) is 2. The van der Waals surface area contributed by atoms with E-state index < -0.39 is 11.7 Å². The average molecular weight is 305 g/mol. The van der Waals surface area contributed by atoms with Crippen LogP contribution < -0.4 is 0 Å². The van der Waals surface area contributed by atoms with Gasteiger partial charge in [0.05, 0.1) is 5.56 Å². The van der Waals surface area contributed by atoms with Crippen molar-refractivity contribution in [1.29, 1.82) is 0 Å². The molecule has 3 rings (SSSR count). The summed E-state index contributed by atoms with van der Waals surface area (Å²) < 4.78 is 38.4. The Kier molecular flexibility index (Phi) is 3.32. The molecule has 2 N–H and O–H groups in total. The SMILES string of the molecule is Oc1cccc(-c2n[nH]nc2-c2cccc(C(F)(F)F)c2)c1. The first kappa shape index (κ1) is 14.1. The lowest BCUT2D eigenvalue weighted by molar-refractivity contribution is -0.137. The topological polar surface area (TPSA) is 61.8 Å². The number of nitrogens with zero attached hydrogens (tertiary/aromatic N) is 2. The van der Waals surface area contributed by atoms with Gasteiger partial charge in [-0.15, -0.1) is 0 Å². The molecular formula is C15H10F3N3O. The van der Waals surface area contributed by atoms with E-state index in [0.717, 1.165) is 12.1 Å². The number of benzene rings is 2. The van der Waals surface area contributed by atoms with Crippen molar-refractivity contribution in [1.82, 2.24) is 15.4 Å². The molecule has 0 bridgehead atoms. The van der Waals surface area contributed by atoms with Crippen LogP contribution in [0, 0.1) is 0 Å². The molecule has 112 valence electrons. The fourth-order valence-corrected chi connectivity index (χ4v) is 2.13. The van der Waals surface area contributed by atoms with Crippen LogP contribution in [0.15, 0.2) is 48.5 Å². The van der Waals surface area contributed by atoms with Crippen LogP contribution in [0.2, 0.25) is 0 Å². The van der Waals surface area contributed by atoms with E-state index >= 15 is 0 Å². The van der Waals surface area contributed by atoms with Gasteiger partial charge in [-0.3, -0.25) is 0 Å². The maximum atomic E-state index is 12.8. The van der Waals surface area contributed by atoms with E-state index in [1.165, 1.54) is 24.3 Å².